The maximum Gasteiger partial charge on any atom is 0.234 e. The molecular formula is C86H208N18O6. The molecule has 13 rings (SSSR count). The monoisotopic (exact) mass is 1590 g/mol. The van der Waals surface area contributed by atoms with Gasteiger partial charge < -0.3 is 89.7 Å². The van der Waals surface area contributed by atoms with Crippen molar-refractivity contribution in [3.05, 3.63) is 12.2 Å². The van der Waals surface area contributed by atoms with Crippen LogP contribution < -0.4 is 16.0 Å². The van der Waals surface area contributed by atoms with E-state index in [0.29, 0.717) is 24.9 Å². The van der Waals surface area contributed by atoms with Gasteiger partial charge >= 0.3 is 0 Å². The topological polar surface area (TPSA) is 186 Å². The highest BCUT2D eigenvalue weighted by molar-refractivity contribution is 5.81. The second-order valence-corrected chi connectivity index (χ2v) is 30.0. The number of morpholine rings is 1. The molecule has 0 bridgehead atoms. The number of amides is 2. The van der Waals surface area contributed by atoms with Crippen LogP contribution in [0.2, 0.25) is 0 Å². The minimum Gasteiger partial charge on any atom is -0.392 e. The molecule has 4 unspecified atom stereocenters. The molecule has 24 nitrogen and oxygen atoms in total. The van der Waals surface area contributed by atoms with Gasteiger partial charge in [-0.05, 0) is 215 Å². The number of aliphatic hydroxyl groups excluding tert-OH is 2. The molecule has 110 heavy (non-hydrogen) atoms. The third-order valence-corrected chi connectivity index (χ3v) is 19.0. The van der Waals surface area contributed by atoms with E-state index in [4.69, 9.17) is 14.9 Å². The summed E-state index contributed by atoms with van der Waals surface area (Å²) >= 11 is 0. The number of aliphatic hydroxyl groups is 2. The molecule has 0 aromatic heterocycles. The normalized spacial score (nSPS) is 23.9. The molecule has 0 aliphatic carbocycles. The van der Waals surface area contributed by atoms with E-state index < -0.39 is 0 Å². The van der Waals surface area contributed by atoms with Crippen LogP contribution in [-0.2, 0) is 19.1 Å². The number of likely N-dealkylation sites (tertiary alicyclic amines) is 6. The van der Waals surface area contributed by atoms with Gasteiger partial charge in [-0.15, -0.1) is 0 Å². The molecule has 13 aliphatic rings. The van der Waals surface area contributed by atoms with Gasteiger partial charge in [-0.25, -0.2) is 0 Å². The Morgan fingerprint density at radius 1 is 0.364 bits per heavy atom. The van der Waals surface area contributed by atoms with Crippen LogP contribution in [0.1, 0.15) is 188 Å². The Morgan fingerprint density at radius 2 is 0.727 bits per heavy atom. The minimum absolute atomic E-state index is 0. The highest BCUT2D eigenvalue weighted by Crippen LogP contribution is 2.12. The fourth-order valence-corrected chi connectivity index (χ4v) is 12.1. The lowest BCUT2D eigenvalue weighted by atomic mass is 10.1. The summed E-state index contributed by atoms with van der Waals surface area (Å²) in [6.07, 6.45) is 17.7. The zero-order valence-corrected chi connectivity index (χ0v) is 65.9. The van der Waals surface area contributed by atoms with Crippen molar-refractivity contribution in [3.63, 3.8) is 0 Å². The van der Waals surface area contributed by atoms with Crippen LogP contribution in [-0.4, -0.2) is 454 Å². The van der Waals surface area contributed by atoms with Gasteiger partial charge in [-0.1, -0.05) is 122 Å². The van der Waals surface area contributed by atoms with Crippen LogP contribution in [0.5, 0.6) is 0 Å². The van der Waals surface area contributed by atoms with E-state index in [-0.39, 0.29) is 121 Å². The van der Waals surface area contributed by atoms with Gasteiger partial charge in [-0.2, -0.15) is 0 Å². The summed E-state index contributed by atoms with van der Waals surface area (Å²) in [5, 5.41) is 27.3. The zero-order chi connectivity index (χ0) is 72.2. The summed E-state index contributed by atoms with van der Waals surface area (Å²) in [5.41, 5.74) is 0. The molecular weight excluding hydrogens is 1380 g/mol. The number of carbonyl (C=O) groups excluding carboxylic acids is 3. The number of carbonyl (C=O) groups is 3. The third-order valence-electron chi connectivity index (χ3n) is 19.0. The van der Waals surface area contributed by atoms with Gasteiger partial charge in [0.1, 0.15) is 5.78 Å². The Hall–Kier alpha value is -2.41. The summed E-state index contributed by atoms with van der Waals surface area (Å²) < 4.78 is 5.10. The van der Waals surface area contributed by atoms with E-state index >= 15 is 0 Å². The van der Waals surface area contributed by atoms with E-state index in [1.54, 1.807) is 6.92 Å². The zero-order valence-electron chi connectivity index (χ0n) is 65.9. The van der Waals surface area contributed by atoms with E-state index in [0.717, 1.165) is 169 Å². The first-order valence-electron chi connectivity index (χ1n) is 37.9. The van der Waals surface area contributed by atoms with Crippen molar-refractivity contribution in [1.82, 2.24) is 89.4 Å². The molecule has 5 N–H and O–H groups in total. The van der Waals surface area contributed by atoms with Gasteiger partial charge in [0.05, 0.1) is 38.5 Å². The molecule has 0 spiro atoms. The lowest BCUT2D eigenvalue weighted by molar-refractivity contribution is -0.130. The van der Waals surface area contributed by atoms with E-state index in [1.165, 1.54) is 130 Å². The number of β-amino-alcohol motifs (C(OH)–C–C–N with tert-alkyl or cyclic N) is 2. The standard InChI is InChI=1S/C7H14N2O.2C6H14N2.C6H13NO.C6H11NO.2C6H13N.C5H10N2O.C5H12N2.2C5H11NO.C5H11N.C5H9N.13CH4/c1-7(10)9-5-3-8(2)4-6-9;1-7-3-5-8(2)6-4-7;1-6-5-8(2)4-3-7-6;2*1-7-4-2-3-6(8)5-7;1-6-3-4-7(2)5-6;1-7-5-3-2-4-6-7;1-7-3-2-6-5(8)4-7;1-7-4-2-6-3-5-7;1-6-2-4-7-5-3-6;1-6-3-2-5(7)4-6;2*1-6-4-2-3-5-6;;;;;;;;;;;;;/h3-6H2,1-2H3;3-6H2,1-2H3;6-7H,3-5H2,1-2H3;6,8H,2-5H2,1H3;2-5H2,1H3;6H,3-5H2,1-2H3;2-6H2,1H3;2-4H2,1H3,(H,6,8);6H,2-5H2,1H3;2-5H2,1H3;5,7H,2-4H2,1H3;2-5H2,1H3;2-3H,4-5H2,1H3;13*1H4. The maximum absolute atomic E-state index is 10.8. The molecule has 12 fully saturated rings. The Morgan fingerprint density at radius 3 is 0.964 bits per heavy atom. The molecule has 13 aliphatic heterocycles. The first kappa shape index (κ1) is 137. The summed E-state index contributed by atoms with van der Waals surface area (Å²) in [6.45, 7) is 45.4. The van der Waals surface area contributed by atoms with E-state index in [1.807, 2.05) is 38.0 Å². The smallest absolute Gasteiger partial charge is 0.234 e. The lowest BCUT2D eigenvalue weighted by Gasteiger charge is -2.31. The Labute approximate surface area is 691 Å². The second-order valence-electron chi connectivity index (χ2n) is 30.0. The number of hydrogen-bond donors (Lipinski definition) is 5. The van der Waals surface area contributed by atoms with Gasteiger partial charge in [0.15, 0.2) is 0 Å². The Bertz CT molecular complexity index is 1730. The predicted molar refractivity (Wildman–Crippen MR) is 495 cm³/mol. The molecule has 0 aromatic carbocycles. The fourth-order valence-electron chi connectivity index (χ4n) is 12.1. The molecule has 13 heterocycles. The number of ketones is 1. The Kier molecular flexibility index (Phi) is 109. The van der Waals surface area contributed by atoms with Gasteiger partial charge in [0.25, 0.3) is 0 Å². The van der Waals surface area contributed by atoms with E-state index in [9.17, 15) is 14.4 Å². The number of piperidine rings is 3. The molecule has 4 atom stereocenters. The minimum atomic E-state index is -0.0613. The number of nitrogens with one attached hydrogen (secondary N) is 3. The van der Waals surface area contributed by atoms with Crippen molar-refractivity contribution in [2.24, 2.45) is 5.92 Å². The Balaban J connectivity index is -0.0000000835. The number of ether oxygens (including phenoxy) is 1. The lowest BCUT2D eigenvalue weighted by Crippen LogP contribution is -2.47. The molecule has 0 radical (unpaired) electrons. The van der Waals surface area contributed by atoms with Crippen molar-refractivity contribution in [3.8, 4) is 0 Å². The number of piperazine rings is 5. The third kappa shape index (κ3) is 83.5. The van der Waals surface area contributed by atoms with E-state index in [2.05, 4.69) is 176 Å². The fraction of sp³-hybridized carbons (Fsp3) is 0.942. The number of hydrogen-bond acceptors (Lipinski definition) is 22. The molecule has 12 saturated heterocycles. The number of Topliss-reactive ketones (excluding diaryl/α,β-unsaturated/α-hetero) is 1. The number of likely N-dealkylation sites (N-methyl/N-ethyl adjacent to an activating group) is 11. The van der Waals surface area contributed by atoms with Crippen molar-refractivity contribution >= 4 is 17.6 Å². The van der Waals surface area contributed by atoms with Crippen LogP contribution in [0.4, 0.5) is 0 Å². The van der Waals surface area contributed by atoms with Crippen LogP contribution in [0, 0.1) is 5.92 Å². The maximum atomic E-state index is 10.8. The number of nitrogens with zero attached hydrogens (tertiary/aromatic N) is 15. The van der Waals surface area contributed by atoms with Crippen molar-refractivity contribution in [1.29, 1.82) is 0 Å². The van der Waals surface area contributed by atoms with Gasteiger partial charge in [-0.3, -0.25) is 29.1 Å². The SMILES string of the molecule is C.C.C.C.C.C.C.C.C.C.C.C.C.CC(=O)N1CCN(C)CC1.CC1CCN(C)C1.CC1CN(C)CCN1.CN1CC=CC1.CN1CCC(O)C1.CN1CCCC(=O)C1.CN1CCCC(O)C1.CN1CCCC1.CN1CCCCC1.CN1CCN(C)CC1.CN1CCNC(=O)C1.CN1CCNCC1.CN1CCOCC1. The van der Waals surface area contributed by atoms with Crippen LogP contribution in [0.25, 0.3) is 0 Å². The summed E-state index contributed by atoms with van der Waals surface area (Å²) in [4.78, 5) is 65.5. The van der Waals surface area contributed by atoms with Crippen molar-refractivity contribution in [2.45, 2.75) is 206 Å². The largest absolute Gasteiger partial charge is 0.392 e. The summed E-state index contributed by atoms with van der Waals surface area (Å²) in [5.74, 6) is 1.68. The molecule has 0 saturated carbocycles. The van der Waals surface area contributed by atoms with Crippen LogP contribution in [0.15, 0.2) is 12.2 Å². The number of rotatable bonds is 0. The molecule has 24 heteroatoms. The summed E-state index contributed by atoms with van der Waals surface area (Å²) in [6, 6.07) is 0.689. The van der Waals surface area contributed by atoms with Crippen LogP contribution >= 0.6 is 0 Å². The molecule has 2 amide bonds. The molecule has 678 valence electrons. The van der Waals surface area contributed by atoms with Crippen molar-refractivity contribution in [2.75, 3.05) is 334 Å². The predicted octanol–water partition coefficient (Wildman–Crippen LogP) is 9.64. The first-order chi connectivity index (χ1) is 46.2. The quantitative estimate of drug-likeness (QED) is 0.144. The highest BCUT2D eigenvalue weighted by atomic mass is 16.5. The first-order valence-corrected chi connectivity index (χ1v) is 37.9. The molecule has 0 aromatic rings. The summed E-state index contributed by atoms with van der Waals surface area (Å²) in [7, 11) is 29.5. The van der Waals surface area contributed by atoms with Crippen molar-refractivity contribution < 1.29 is 29.3 Å². The average Bonchev–Trinajstić information content (AvgIpc) is 1.37. The van der Waals surface area contributed by atoms with Crippen LogP contribution in [0.3, 0.4) is 0 Å². The van der Waals surface area contributed by atoms with Gasteiger partial charge in [0, 0.05) is 183 Å². The second kappa shape index (κ2) is 87.4. The average molecular weight is 1590 g/mol. The van der Waals surface area contributed by atoms with Gasteiger partial charge in [0.2, 0.25) is 11.8 Å². The highest BCUT2D eigenvalue weighted by Gasteiger charge is 2.18.